The Morgan fingerprint density at radius 3 is 1.50 bits per heavy atom. The maximum Gasteiger partial charge on any atom is 0.183 e. The molecule has 2 nitrogen and oxygen atoms in total. The van der Waals surface area contributed by atoms with Gasteiger partial charge in [-0.15, -0.1) is 0 Å². The van der Waals surface area contributed by atoms with E-state index in [-0.39, 0.29) is 24.8 Å². The highest BCUT2D eigenvalue weighted by molar-refractivity contribution is 14.1. The molecule has 0 spiro atoms. The standard InChI is InChI=1S/C22H16I2N2.2ClH/c1-25-12-10-19(21(23)15-25)8-6-17-4-3-5-18(14-17)7-9-20-11-13-26(2)16-22(20)24;;/h3-5,10-16H,1-2H3;2*1H/q+2;;/p-2. The number of halogens is 4. The van der Waals surface area contributed by atoms with E-state index in [1.165, 1.54) is 0 Å². The zero-order valence-electron chi connectivity index (χ0n) is 15.2. The molecule has 3 aromatic rings. The van der Waals surface area contributed by atoms with Crippen molar-refractivity contribution < 1.29 is 33.9 Å². The van der Waals surface area contributed by atoms with Crippen LogP contribution in [0.1, 0.15) is 22.3 Å². The van der Waals surface area contributed by atoms with Gasteiger partial charge in [0, 0.05) is 23.3 Å². The second-order valence-electron chi connectivity index (χ2n) is 5.82. The van der Waals surface area contributed by atoms with Gasteiger partial charge in [-0.1, -0.05) is 29.7 Å². The molecule has 1 aromatic carbocycles. The molecule has 0 amide bonds. The molecular formula is C22H16Cl2I2N2. The van der Waals surface area contributed by atoms with Crippen molar-refractivity contribution in [2.75, 3.05) is 0 Å². The Morgan fingerprint density at radius 2 is 1.11 bits per heavy atom. The van der Waals surface area contributed by atoms with Gasteiger partial charge in [0.25, 0.3) is 0 Å². The minimum Gasteiger partial charge on any atom is -1.00 e. The monoisotopic (exact) mass is 632 g/mol. The zero-order chi connectivity index (χ0) is 18.5. The van der Waals surface area contributed by atoms with Crippen LogP contribution in [0.15, 0.2) is 61.2 Å². The van der Waals surface area contributed by atoms with E-state index < -0.39 is 0 Å². The minimum absolute atomic E-state index is 0. The molecule has 2 heterocycles. The first-order valence-corrected chi connectivity index (χ1v) is 10.1. The summed E-state index contributed by atoms with van der Waals surface area (Å²) in [6, 6.07) is 12.1. The lowest BCUT2D eigenvalue weighted by Crippen LogP contribution is -3.00. The molecule has 0 saturated carbocycles. The van der Waals surface area contributed by atoms with Crippen LogP contribution in [0.4, 0.5) is 0 Å². The van der Waals surface area contributed by atoms with Crippen molar-refractivity contribution in [3.05, 3.63) is 90.6 Å². The smallest absolute Gasteiger partial charge is 0.183 e. The molecule has 6 heteroatoms. The molecule has 0 N–H and O–H groups in total. The lowest BCUT2D eigenvalue weighted by Gasteiger charge is -1.95. The average Bonchev–Trinajstić information content (AvgIpc) is 2.61. The summed E-state index contributed by atoms with van der Waals surface area (Å²) in [7, 11) is 4.02. The first-order chi connectivity index (χ1) is 12.5. The Bertz CT molecular complexity index is 1020. The maximum atomic E-state index is 3.25. The molecule has 0 aliphatic heterocycles. The Balaban J connectivity index is 0.00000196. The summed E-state index contributed by atoms with van der Waals surface area (Å²) in [5, 5.41) is 0. The van der Waals surface area contributed by atoms with Gasteiger partial charge in [0.2, 0.25) is 0 Å². The van der Waals surface area contributed by atoms with Crippen LogP contribution in [0.5, 0.6) is 0 Å². The van der Waals surface area contributed by atoms with Gasteiger partial charge in [0.15, 0.2) is 24.8 Å². The summed E-state index contributed by atoms with van der Waals surface area (Å²) < 4.78 is 6.33. The summed E-state index contributed by atoms with van der Waals surface area (Å²) in [5.41, 5.74) is 4.00. The Labute approximate surface area is 205 Å². The van der Waals surface area contributed by atoms with E-state index in [0.717, 1.165) is 29.4 Å². The van der Waals surface area contributed by atoms with E-state index >= 15 is 0 Å². The molecule has 2 aromatic heterocycles. The number of hydrogen-bond acceptors (Lipinski definition) is 0. The highest BCUT2D eigenvalue weighted by Crippen LogP contribution is 2.10. The number of aryl methyl sites for hydroxylation is 2. The molecule has 0 atom stereocenters. The second-order valence-corrected chi connectivity index (χ2v) is 8.15. The highest BCUT2D eigenvalue weighted by Gasteiger charge is 2.02. The molecular weight excluding hydrogens is 617 g/mol. The van der Waals surface area contributed by atoms with Crippen LogP contribution in [0.2, 0.25) is 0 Å². The SMILES string of the molecule is C[n+]1ccc(C#Cc2cccc(C#Cc3cc[n+](C)cc3I)c2)c(I)c1.[Cl-].[Cl-]. The van der Waals surface area contributed by atoms with Crippen molar-refractivity contribution >= 4 is 45.2 Å². The molecule has 0 aliphatic rings. The third kappa shape index (κ3) is 6.93. The maximum absolute atomic E-state index is 3.25. The van der Waals surface area contributed by atoms with Gasteiger partial charge in [-0.3, -0.25) is 0 Å². The van der Waals surface area contributed by atoms with Crippen LogP contribution in [-0.4, -0.2) is 0 Å². The van der Waals surface area contributed by atoms with Gasteiger partial charge in [0.1, 0.15) is 14.1 Å². The second kappa shape index (κ2) is 11.6. The summed E-state index contributed by atoms with van der Waals surface area (Å²) in [4.78, 5) is 0. The number of rotatable bonds is 0. The van der Waals surface area contributed by atoms with E-state index in [1.807, 2.05) is 72.0 Å². The van der Waals surface area contributed by atoms with Crippen molar-refractivity contribution in [1.82, 2.24) is 0 Å². The number of nitrogens with zero attached hydrogens (tertiary/aromatic N) is 2. The largest absolute Gasteiger partial charge is 1.00 e. The molecule has 0 radical (unpaired) electrons. The molecule has 0 fully saturated rings. The molecule has 142 valence electrons. The van der Waals surface area contributed by atoms with E-state index in [1.54, 1.807) is 0 Å². The number of hydrogen-bond donors (Lipinski definition) is 0. The minimum atomic E-state index is 0. The van der Waals surface area contributed by atoms with Crippen molar-refractivity contribution in [2.24, 2.45) is 14.1 Å². The van der Waals surface area contributed by atoms with Crippen LogP contribution in [-0.2, 0) is 14.1 Å². The van der Waals surface area contributed by atoms with E-state index in [2.05, 4.69) is 81.3 Å². The van der Waals surface area contributed by atoms with Crippen molar-refractivity contribution in [2.45, 2.75) is 0 Å². The van der Waals surface area contributed by atoms with Gasteiger partial charge in [-0.05, 0) is 63.4 Å². The number of aromatic nitrogens is 2. The van der Waals surface area contributed by atoms with Crippen LogP contribution < -0.4 is 33.9 Å². The summed E-state index contributed by atoms with van der Waals surface area (Å²) in [6.45, 7) is 0. The summed E-state index contributed by atoms with van der Waals surface area (Å²) >= 11 is 4.62. The Kier molecular flexibility index (Phi) is 10.3. The van der Waals surface area contributed by atoms with Crippen LogP contribution in [0.3, 0.4) is 0 Å². The van der Waals surface area contributed by atoms with Crippen LogP contribution >= 0.6 is 45.2 Å². The molecule has 0 bridgehead atoms. The van der Waals surface area contributed by atoms with Gasteiger partial charge in [-0.2, -0.15) is 0 Å². The number of pyridine rings is 2. The zero-order valence-corrected chi connectivity index (χ0v) is 21.0. The third-order valence-electron chi connectivity index (χ3n) is 3.65. The van der Waals surface area contributed by atoms with E-state index in [9.17, 15) is 0 Å². The molecule has 0 saturated heterocycles. The fourth-order valence-corrected chi connectivity index (χ4v) is 3.79. The predicted molar refractivity (Wildman–Crippen MR) is 119 cm³/mol. The van der Waals surface area contributed by atoms with Crippen LogP contribution in [0, 0.1) is 30.8 Å². The van der Waals surface area contributed by atoms with Gasteiger partial charge < -0.3 is 24.8 Å². The third-order valence-corrected chi connectivity index (χ3v) is 5.37. The van der Waals surface area contributed by atoms with Gasteiger partial charge in [-0.25, -0.2) is 9.13 Å². The molecule has 0 unspecified atom stereocenters. The molecule has 28 heavy (non-hydrogen) atoms. The summed E-state index contributed by atoms with van der Waals surface area (Å²) in [6.07, 6.45) is 8.15. The molecule has 0 aliphatic carbocycles. The van der Waals surface area contributed by atoms with E-state index in [0.29, 0.717) is 0 Å². The molecule has 3 rings (SSSR count). The van der Waals surface area contributed by atoms with Crippen molar-refractivity contribution in [3.63, 3.8) is 0 Å². The first-order valence-electron chi connectivity index (χ1n) is 7.95. The fraction of sp³-hybridized carbons (Fsp3) is 0.0909. The lowest BCUT2D eigenvalue weighted by molar-refractivity contribution is -0.672. The quantitative estimate of drug-likeness (QED) is 0.146. The first kappa shape index (κ1) is 24.7. The Morgan fingerprint density at radius 1 is 0.679 bits per heavy atom. The fourth-order valence-electron chi connectivity index (χ4n) is 2.28. The van der Waals surface area contributed by atoms with Crippen molar-refractivity contribution in [3.8, 4) is 23.7 Å². The van der Waals surface area contributed by atoms with E-state index in [4.69, 9.17) is 0 Å². The Hall–Kier alpha value is -1.32. The summed E-state index contributed by atoms with van der Waals surface area (Å²) in [5.74, 6) is 13.0. The number of benzene rings is 1. The van der Waals surface area contributed by atoms with Crippen molar-refractivity contribution in [1.29, 1.82) is 0 Å². The average molecular weight is 633 g/mol. The topological polar surface area (TPSA) is 7.76 Å². The normalized spacial score (nSPS) is 9.00. The van der Waals surface area contributed by atoms with Crippen LogP contribution in [0.25, 0.3) is 0 Å². The van der Waals surface area contributed by atoms with Gasteiger partial charge >= 0.3 is 0 Å². The highest BCUT2D eigenvalue weighted by atomic mass is 127. The van der Waals surface area contributed by atoms with Gasteiger partial charge in [0.05, 0.1) is 18.3 Å². The predicted octanol–water partition coefficient (Wildman–Crippen LogP) is -2.65. The lowest BCUT2D eigenvalue weighted by atomic mass is 10.1.